The Kier molecular flexibility index (Phi) is 3.72. The first kappa shape index (κ1) is 14.8. The Labute approximate surface area is 138 Å². The third kappa shape index (κ3) is 2.53. The van der Waals surface area contributed by atoms with Gasteiger partial charge in [0.05, 0.1) is 17.1 Å². The molecule has 1 aliphatic heterocycles. The van der Waals surface area contributed by atoms with Gasteiger partial charge in [0.25, 0.3) is 0 Å². The van der Waals surface area contributed by atoms with Gasteiger partial charge in [-0.05, 0) is 48.7 Å². The molecule has 3 aromatic rings. The number of benzene rings is 1. The number of rotatable bonds is 3. The molecule has 1 saturated heterocycles. The first-order valence-electron chi connectivity index (χ1n) is 8.21. The Morgan fingerprint density at radius 1 is 1.33 bits per heavy atom. The normalized spacial score (nSPS) is 19.5. The quantitative estimate of drug-likeness (QED) is 0.793. The Balaban J connectivity index is 1.64. The molecule has 0 aliphatic carbocycles. The van der Waals surface area contributed by atoms with E-state index in [-0.39, 0.29) is 11.9 Å². The van der Waals surface area contributed by atoms with Crippen molar-refractivity contribution in [3.8, 4) is 0 Å². The lowest BCUT2D eigenvalue weighted by Gasteiger charge is -2.36. The molecule has 0 radical (unpaired) electrons. The number of carbonyl (C=O) groups excluding carboxylic acids is 1. The summed E-state index contributed by atoms with van der Waals surface area (Å²) in [4.78, 5) is 22.9. The fourth-order valence-electron chi connectivity index (χ4n) is 3.31. The van der Waals surface area contributed by atoms with Gasteiger partial charge in [0, 0.05) is 6.54 Å². The van der Waals surface area contributed by atoms with E-state index in [9.17, 15) is 4.79 Å². The fraction of sp³-hybridized carbons (Fsp3) is 0.438. The SMILES string of the molecule is C[C@@H](C(=O)N1CCCC[C@@H]1c1nc2ccccc2[nH]1)n1cnnn1. The lowest BCUT2D eigenvalue weighted by molar-refractivity contribution is -0.138. The van der Waals surface area contributed by atoms with Crippen LogP contribution >= 0.6 is 0 Å². The van der Waals surface area contributed by atoms with Crippen LogP contribution in [-0.2, 0) is 4.79 Å². The second-order valence-corrected chi connectivity index (χ2v) is 6.15. The van der Waals surface area contributed by atoms with E-state index in [0.717, 1.165) is 42.7 Å². The van der Waals surface area contributed by atoms with Crippen LogP contribution in [0.5, 0.6) is 0 Å². The van der Waals surface area contributed by atoms with E-state index in [4.69, 9.17) is 4.98 Å². The molecular formula is C16H19N7O. The predicted molar refractivity (Wildman–Crippen MR) is 86.9 cm³/mol. The van der Waals surface area contributed by atoms with Crippen molar-refractivity contribution in [2.75, 3.05) is 6.54 Å². The van der Waals surface area contributed by atoms with Gasteiger partial charge in [0.1, 0.15) is 18.2 Å². The summed E-state index contributed by atoms with van der Waals surface area (Å²) in [7, 11) is 0. The summed E-state index contributed by atoms with van der Waals surface area (Å²) in [6.07, 6.45) is 4.48. The average Bonchev–Trinajstić information content (AvgIpc) is 3.29. The molecule has 124 valence electrons. The molecule has 0 saturated carbocycles. The van der Waals surface area contributed by atoms with Crippen molar-refractivity contribution in [1.82, 2.24) is 35.1 Å². The minimum atomic E-state index is -0.426. The highest BCUT2D eigenvalue weighted by molar-refractivity contribution is 5.81. The van der Waals surface area contributed by atoms with Crippen molar-refractivity contribution in [3.63, 3.8) is 0 Å². The minimum Gasteiger partial charge on any atom is -0.340 e. The van der Waals surface area contributed by atoms with Crippen LogP contribution in [0.1, 0.15) is 44.1 Å². The van der Waals surface area contributed by atoms with Crippen molar-refractivity contribution in [2.45, 2.75) is 38.3 Å². The van der Waals surface area contributed by atoms with Gasteiger partial charge in [-0.3, -0.25) is 4.79 Å². The predicted octanol–water partition coefficient (Wildman–Crippen LogP) is 1.86. The maximum Gasteiger partial charge on any atom is 0.247 e. The van der Waals surface area contributed by atoms with Crippen molar-refractivity contribution >= 4 is 16.9 Å². The van der Waals surface area contributed by atoms with Gasteiger partial charge in [-0.25, -0.2) is 9.67 Å². The highest BCUT2D eigenvalue weighted by atomic mass is 16.2. The van der Waals surface area contributed by atoms with Gasteiger partial charge in [0.15, 0.2) is 0 Å². The van der Waals surface area contributed by atoms with Crippen LogP contribution in [0.3, 0.4) is 0 Å². The number of tetrazole rings is 1. The summed E-state index contributed by atoms with van der Waals surface area (Å²) in [6.45, 7) is 2.55. The maximum atomic E-state index is 13.0. The van der Waals surface area contributed by atoms with Gasteiger partial charge in [0.2, 0.25) is 5.91 Å². The Morgan fingerprint density at radius 3 is 3.00 bits per heavy atom. The summed E-state index contributed by atoms with van der Waals surface area (Å²) >= 11 is 0. The van der Waals surface area contributed by atoms with Crippen LogP contribution in [0.2, 0.25) is 0 Å². The van der Waals surface area contributed by atoms with Crippen LogP contribution < -0.4 is 0 Å². The summed E-state index contributed by atoms with van der Waals surface area (Å²) in [5.41, 5.74) is 1.93. The van der Waals surface area contributed by atoms with Crippen LogP contribution in [0.15, 0.2) is 30.6 Å². The van der Waals surface area contributed by atoms with E-state index in [1.165, 1.54) is 11.0 Å². The number of aromatic nitrogens is 6. The van der Waals surface area contributed by atoms with Crippen LogP contribution in [0, 0.1) is 0 Å². The zero-order valence-corrected chi connectivity index (χ0v) is 13.5. The molecular weight excluding hydrogens is 306 g/mol. The first-order valence-corrected chi connectivity index (χ1v) is 8.21. The van der Waals surface area contributed by atoms with E-state index >= 15 is 0 Å². The molecule has 1 aromatic carbocycles. The number of amides is 1. The van der Waals surface area contributed by atoms with Gasteiger partial charge in [-0.1, -0.05) is 12.1 Å². The number of nitrogens with zero attached hydrogens (tertiary/aromatic N) is 6. The summed E-state index contributed by atoms with van der Waals surface area (Å²) in [5, 5.41) is 11.1. The molecule has 0 spiro atoms. The fourth-order valence-corrected chi connectivity index (χ4v) is 3.31. The molecule has 1 N–H and O–H groups in total. The minimum absolute atomic E-state index is 0.0208. The third-order valence-electron chi connectivity index (χ3n) is 4.63. The van der Waals surface area contributed by atoms with Crippen molar-refractivity contribution in [1.29, 1.82) is 0 Å². The molecule has 2 aromatic heterocycles. The van der Waals surface area contributed by atoms with Crippen molar-refractivity contribution in [3.05, 3.63) is 36.4 Å². The number of hydrogen-bond acceptors (Lipinski definition) is 5. The topological polar surface area (TPSA) is 92.6 Å². The summed E-state index contributed by atoms with van der Waals surface area (Å²) < 4.78 is 1.49. The number of fused-ring (bicyclic) bond motifs is 1. The molecule has 1 amide bonds. The molecule has 4 rings (SSSR count). The van der Waals surface area contributed by atoms with E-state index in [1.54, 1.807) is 0 Å². The molecule has 1 aliphatic rings. The number of nitrogens with one attached hydrogen (secondary N) is 1. The van der Waals surface area contributed by atoms with E-state index in [0.29, 0.717) is 0 Å². The number of carbonyl (C=O) groups is 1. The Bertz CT molecular complexity index is 808. The van der Waals surface area contributed by atoms with Crippen LogP contribution in [0.4, 0.5) is 0 Å². The molecule has 8 nitrogen and oxygen atoms in total. The third-order valence-corrected chi connectivity index (χ3v) is 4.63. The second kappa shape index (κ2) is 6.03. The smallest absolute Gasteiger partial charge is 0.247 e. The number of piperidine rings is 1. The number of imidazole rings is 1. The van der Waals surface area contributed by atoms with Gasteiger partial charge < -0.3 is 9.88 Å². The zero-order valence-electron chi connectivity index (χ0n) is 13.5. The largest absolute Gasteiger partial charge is 0.340 e. The van der Waals surface area contributed by atoms with Crippen molar-refractivity contribution < 1.29 is 4.79 Å². The van der Waals surface area contributed by atoms with Crippen LogP contribution in [-0.4, -0.2) is 47.5 Å². The van der Waals surface area contributed by atoms with Crippen molar-refractivity contribution in [2.24, 2.45) is 0 Å². The molecule has 24 heavy (non-hydrogen) atoms. The highest BCUT2D eigenvalue weighted by Crippen LogP contribution is 2.32. The molecule has 0 bridgehead atoms. The van der Waals surface area contributed by atoms with Gasteiger partial charge in [-0.15, -0.1) is 5.10 Å². The zero-order chi connectivity index (χ0) is 16.5. The summed E-state index contributed by atoms with van der Waals surface area (Å²) in [5.74, 6) is 0.876. The number of aromatic amines is 1. The first-order chi connectivity index (χ1) is 11.7. The second-order valence-electron chi connectivity index (χ2n) is 6.15. The standard InChI is InChI=1S/C16H19N7O/c1-11(23-10-17-20-21-23)16(24)22-9-5-4-8-14(22)15-18-12-6-2-3-7-13(12)19-15/h2-3,6-7,10-11,14H,4-5,8-9H2,1H3,(H,18,19)/t11-,14+/m0/s1. The molecule has 1 fully saturated rings. The molecule has 8 heteroatoms. The molecule has 0 unspecified atom stereocenters. The number of hydrogen-bond donors (Lipinski definition) is 1. The number of para-hydroxylation sites is 2. The monoisotopic (exact) mass is 325 g/mol. The number of likely N-dealkylation sites (tertiary alicyclic amines) is 1. The van der Waals surface area contributed by atoms with E-state index < -0.39 is 6.04 Å². The molecule has 2 atom stereocenters. The van der Waals surface area contributed by atoms with Gasteiger partial charge >= 0.3 is 0 Å². The lowest BCUT2D eigenvalue weighted by atomic mass is 10.0. The highest BCUT2D eigenvalue weighted by Gasteiger charge is 2.33. The van der Waals surface area contributed by atoms with E-state index in [1.807, 2.05) is 36.1 Å². The Morgan fingerprint density at radius 2 is 2.21 bits per heavy atom. The van der Waals surface area contributed by atoms with Crippen LogP contribution in [0.25, 0.3) is 11.0 Å². The molecule has 3 heterocycles. The maximum absolute atomic E-state index is 13.0. The van der Waals surface area contributed by atoms with Gasteiger partial charge in [-0.2, -0.15) is 0 Å². The Hall–Kier alpha value is -2.77. The lowest BCUT2D eigenvalue weighted by Crippen LogP contribution is -2.42. The average molecular weight is 325 g/mol. The van der Waals surface area contributed by atoms with E-state index in [2.05, 4.69) is 20.5 Å². The summed E-state index contributed by atoms with van der Waals surface area (Å²) in [6, 6.07) is 7.48. The number of H-pyrrole nitrogens is 1.